The van der Waals surface area contributed by atoms with Gasteiger partial charge in [0.1, 0.15) is 11.4 Å². The summed E-state index contributed by atoms with van der Waals surface area (Å²) in [5.74, 6) is -1.58. The van der Waals surface area contributed by atoms with Gasteiger partial charge in [0, 0.05) is 11.8 Å². The van der Waals surface area contributed by atoms with Gasteiger partial charge >= 0.3 is 5.97 Å². The molecule has 4 rings (SSSR count). The van der Waals surface area contributed by atoms with Crippen molar-refractivity contribution in [1.82, 2.24) is 20.0 Å². The van der Waals surface area contributed by atoms with Crippen molar-refractivity contribution >= 4 is 11.9 Å². The van der Waals surface area contributed by atoms with E-state index in [0.29, 0.717) is 22.7 Å². The Hall–Kier alpha value is -4.30. The van der Waals surface area contributed by atoms with Crippen molar-refractivity contribution < 1.29 is 19.8 Å². The first-order valence-electron chi connectivity index (χ1n) is 9.67. The maximum absolute atomic E-state index is 11.2. The molecule has 2 heterocycles. The summed E-state index contributed by atoms with van der Waals surface area (Å²) in [7, 11) is 0. The molecule has 1 saturated carbocycles. The molecule has 1 fully saturated rings. The lowest BCUT2D eigenvalue weighted by Crippen LogP contribution is -2.13. The first kappa shape index (κ1) is 22.4. The summed E-state index contributed by atoms with van der Waals surface area (Å²) in [6.45, 7) is -0.278. The highest BCUT2D eigenvalue weighted by Gasteiger charge is 2.34. The minimum Gasteiger partial charge on any atom is -0.505 e. The molecular formula is C21H21N7O4. The van der Waals surface area contributed by atoms with Gasteiger partial charge in [0.25, 0.3) is 5.91 Å². The second-order valence-electron chi connectivity index (χ2n) is 7.15. The van der Waals surface area contributed by atoms with Gasteiger partial charge in [-0.25, -0.2) is 9.67 Å². The lowest BCUT2D eigenvalue weighted by molar-refractivity contribution is -0.135. The summed E-state index contributed by atoms with van der Waals surface area (Å²) in [5.41, 5.74) is 12.3. The maximum Gasteiger partial charge on any atom is 0.317 e. The molecule has 11 heteroatoms. The van der Waals surface area contributed by atoms with E-state index in [1.807, 2.05) is 12.1 Å². The fourth-order valence-electron chi connectivity index (χ4n) is 3.14. The normalized spacial score (nSPS) is 13.4. The van der Waals surface area contributed by atoms with Gasteiger partial charge in [-0.1, -0.05) is 17.3 Å². The van der Waals surface area contributed by atoms with Gasteiger partial charge in [-0.15, -0.1) is 5.10 Å². The molecular weight excluding hydrogens is 414 g/mol. The molecule has 1 unspecified atom stereocenters. The van der Waals surface area contributed by atoms with Gasteiger partial charge in [0.05, 0.1) is 30.4 Å². The van der Waals surface area contributed by atoms with Gasteiger partial charge in [-0.2, -0.15) is 5.26 Å². The molecule has 3 aromatic rings. The number of nitrogens with zero attached hydrogens (tertiary/aromatic N) is 5. The Morgan fingerprint density at radius 2 is 1.94 bits per heavy atom. The quantitative estimate of drug-likeness (QED) is 0.437. The highest BCUT2D eigenvalue weighted by atomic mass is 16.4. The van der Waals surface area contributed by atoms with Crippen LogP contribution in [0.2, 0.25) is 0 Å². The van der Waals surface area contributed by atoms with Crippen molar-refractivity contribution in [2.45, 2.75) is 18.9 Å². The number of carbonyl (C=O) groups excluding carboxylic acids is 1. The predicted molar refractivity (Wildman–Crippen MR) is 112 cm³/mol. The van der Waals surface area contributed by atoms with E-state index in [1.54, 1.807) is 23.0 Å². The Kier molecular flexibility index (Phi) is 6.77. The summed E-state index contributed by atoms with van der Waals surface area (Å²) in [4.78, 5) is 24.3. The molecule has 1 aliphatic rings. The smallest absolute Gasteiger partial charge is 0.317 e. The first-order valence-corrected chi connectivity index (χ1v) is 9.67. The van der Waals surface area contributed by atoms with Crippen LogP contribution in [-0.4, -0.2) is 48.6 Å². The summed E-state index contributed by atoms with van der Waals surface area (Å²) in [6.07, 6.45) is 5.44. The molecule has 0 radical (unpaired) electrons. The van der Waals surface area contributed by atoms with E-state index in [4.69, 9.17) is 16.1 Å². The van der Waals surface area contributed by atoms with Crippen LogP contribution < -0.4 is 11.5 Å². The number of amides is 1. The first-order chi connectivity index (χ1) is 15.3. The van der Waals surface area contributed by atoms with Crippen LogP contribution in [0.25, 0.3) is 11.3 Å². The molecule has 0 saturated heterocycles. The van der Waals surface area contributed by atoms with Crippen LogP contribution in [0.1, 0.15) is 40.5 Å². The van der Waals surface area contributed by atoms with Crippen molar-refractivity contribution in [3.63, 3.8) is 0 Å². The van der Waals surface area contributed by atoms with Crippen molar-refractivity contribution in [2.75, 3.05) is 6.54 Å². The van der Waals surface area contributed by atoms with E-state index < -0.39 is 11.9 Å². The van der Waals surface area contributed by atoms with Crippen LogP contribution in [0.5, 0.6) is 5.75 Å². The second kappa shape index (κ2) is 9.67. The molecule has 6 N–H and O–H groups in total. The third kappa shape index (κ3) is 5.24. The standard InChI is InChI=1S/C19H16N6O2.C2H5NO2/c20-8-11-1-3-12(4-2-11)18(13-5-6-13)25-10-15(23-24-25)14-7-16(26)17(19(21)27)22-9-14;3-1-2(4)5/h1-4,7,9-10,13,18,26H,5-6H2,(H2,21,27);1,3H2,(H,4,5). The van der Waals surface area contributed by atoms with E-state index in [1.165, 1.54) is 12.3 Å². The Labute approximate surface area is 182 Å². The number of hydrogen-bond donors (Lipinski definition) is 4. The van der Waals surface area contributed by atoms with E-state index in [0.717, 1.165) is 18.4 Å². The molecule has 0 bridgehead atoms. The number of aliphatic carboxylic acids is 1. The lowest BCUT2D eigenvalue weighted by Gasteiger charge is -2.16. The Bertz CT molecular complexity index is 1160. The fourth-order valence-corrected chi connectivity index (χ4v) is 3.14. The zero-order valence-corrected chi connectivity index (χ0v) is 16.9. The van der Waals surface area contributed by atoms with Gasteiger partial charge < -0.3 is 21.7 Å². The number of benzene rings is 1. The third-order valence-electron chi connectivity index (χ3n) is 4.82. The number of carboxylic acid groups (broad SMARTS) is 1. The molecule has 2 aromatic heterocycles. The topological polar surface area (TPSA) is 194 Å². The van der Waals surface area contributed by atoms with Gasteiger partial charge in [0.15, 0.2) is 5.69 Å². The molecule has 1 aromatic carbocycles. The van der Waals surface area contributed by atoms with Crippen molar-refractivity contribution in [2.24, 2.45) is 17.4 Å². The highest BCUT2D eigenvalue weighted by Crippen LogP contribution is 2.43. The Balaban J connectivity index is 0.000000523. The minimum atomic E-state index is -0.968. The summed E-state index contributed by atoms with van der Waals surface area (Å²) < 4.78 is 1.80. The summed E-state index contributed by atoms with van der Waals surface area (Å²) >= 11 is 0. The van der Waals surface area contributed by atoms with Gasteiger partial charge in [0.2, 0.25) is 0 Å². The maximum atomic E-state index is 11.2. The summed E-state index contributed by atoms with van der Waals surface area (Å²) in [6, 6.07) is 11.0. The molecule has 11 nitrogen and oxygen atoms in total. The molecule has 164 valence electrons. The number of pyridine rings is 1. The van der Waals surface area contributed by atoms with Crippen molar-refractivity contribution in [1.29, 1.82) is 5.26 Å². The van der Waals surface area contributed by atoms with Crippen molar-refractivity contribution in [3.05, 3.63) is 59.5 Å². The van der Waals surface area contributed by atoms with Crippen LogP contribution in [0.15, 0.2) is 42.7 Å². The largest absolute Gasteiger partial charge is 0.505 e. The Morgan fingerprint density at radius 3 is 2.44 bits per heavy atom. The number of rotatable bonds is 6. The van der Waals surface area contributed by atoms with Gasteiger partial charge in [-0.05, 0) is 42.5 Å². The van der Waals surface area contributed by atoms with Crippen LogP contribution in [0.4, 0.5) is 0 Å². The van der Waals surface area contributed by atoms with Crippen molar-refractivity contribution in [3.8, 4) is 23.1 Å². The van der Waals surface area contributed by atoms with E-state index in [9.17, 15) is 14.7 Å². The van der Waals surface area contributed by atoms with E-state index in [-0.39, 0.29) is 24.0 Å². The molecule has 1 amide bonds. The monoisotopic (exact) mass is 435 g/mol. The average Bonchev–Trinajstić information content (AvgIpc) is 3.50. The lowest BCUT2D eigenvalue weighted by atomic mass is 10.0. The molecule has 32 heavy (non-hydrogen) atoms. The number of primary amides is 1. The molecule has 0 aliphatic heterocycles. The average molecular weight is 435 g/mol. The predicted octanol–water partition coefficient (Wildman–Crippen LogP) is 1.05. The zero-order chi connectivity index (χ0) is 23.3. The number of carbonyl (C=O) groups is 2. The molecule has 1 atom stereocenters. The minimum absolute atomic E-state index is 0.0328. The van der Waals surface area contributed by atoms with Crippen LogP contribution in [0, 0.1) is 17.2 Å². The molecule has 0 spiro atoms. The van der Waals surface area contributed by atoms with E-state index in [2.05, 4.69) is 27.1 Å². The van der Waals surface area contributed by atoms with E-state index >= 15 is 0 Å². The number of carboxylic acids is 1. The van der Waals surface area contributed by atoms with Gasteiger partial charge in [-0.3, -0.25) is 9.59 Å². The second-order valence-corrected chi connectivity index (χ2v) is 7.15. The number of nitrogens with two attached hydrogens (primary N) is 2. The molecule has 1 aliphatic carbocycles. The van der Waals surface area contributed by atoms with Crippen LogP contribution in [-0.2, 0) is 4.79 Å². The van der Waals surface area contributed by atoms with Crippen LogP contribution >= 0.6 is 0 Å². The third-order valence-corrected chi connectivity index (χ3v) is 4.82. The number of hydrogen-bond acceptors (Lipinski definition) is 8. The Morgan fingerprint density at radius 1 is 1.28 bits per heavy atom. The number of nitriles is 1. The highest BCUT2D eigenvalue weighted by molar-refractivity contribution is 5.93. The number of aromatic nitrogens is 4. The van der Waals surface area contributed by atoms with Crippen LogP contribution in [0.3, 0.4) is 0 Å². The number of aromatic hydroxyl groups is 1. The summed E-state index contributed by atoms with van der Waals surface area (Å²) in [5, 5.41) is 34.9. The zero-order valence-electron chi connectivity index (χ0n) is 16.9. The fraction of sp³-hybridized carbons (Fsp3) is 0.238. The SMILES string of the molecule is N#Cc1ccc(C(C2CC2)n2cc(-c3cnc(C(N)=O)c(O)c3)nn2)cc1.NCC(=O)O.